The topological polar surface area (TPSA) is 79.1 Å². The Balaban J connectivity index is 1.91. The first-order valence-electron chi connectivity index (χ1n) is 9.71. The average Bonchev–Trinajstić information content (AvgIpc) is 3.30. The molecule has 0 atom stereocenters. The Hall–Kier alpha value is -4.01. The molecule has 8 nitrogen and oxygen atoms in total. The van der Waals surface area contributed by atoms with Crippen LogP contribution in [0.5, 0.6) is 0 Å². The number of halogens is 1. The quantitative estimate of drug-likeness (QED) is 0.450. The molecular formula is C22H19FN6O2. The Morgan fingerprint density at radius 1 is 0.968 bits per heavy atom. The lowest BCUT2D eigenvalue weighted by atomic mass is 10.1. The molecule has 0 radical (unpaired) electrons. The number of fused-ring (bicyclic) bond motifs is 3. The summed E-state index contributed by atoms with van der Waals surface area (Å²) < 4.78 is 19.4. The number of hydrogen-bond donors (Lipinski definition) is 0. The van der Waals surface area contributed by atoms with E-state index in [4.69, 9.17) is 0 Å². The number of aromatic nitrogens is 6. The molecule has 0 N–H and O–H groups in total. The van der Waals surface area contributed by atoms with Crippen LogP contribution in [0.2, 0.25) is 0 Å². The Bertz CT molecular complexity index is 1590. The van der Waals surface area contributed by atoms with Gasteiger partial charge in [-0.05, 0) is 36.8 Å². The van der Waals surface area contributed by atoms with Crippen molar-refractivity contribution < 1.29 is 4.39 Å². The smallest absolute Gasteiger partial charge is 0.298 e. The molecule has 0 aliphatic carbocycles. The number of nitrogens with zero attached hydrogens (tertiary/aromatic N) is 6. The van der Waals surface area contributed by atoms with Crippen LogP contribution in [0.15, 0.2) is 58.1 Å². The number of hydrogen-bond acceptors (Lipinski definition) is 4. The second kappa shape index (κ2) is 6.76. The molecule has 0 amide bonds. The van der Waals surface area contributed by atoms with Crippen LogP contribution in [0.1, 0.15) is 11.1 Å². The highest BCUT2D eigenvalue weighted by molar-refractivity contribution is 5.80. The summed E-state index contributed by atoms with van der Waals surface area (Å²) in [7, 11) is 3.06. The van der Waals surface area contributed by atoms with Crippen LogP contribution in [0, 0.1) is 12.7 Å². The van der Waals surface area contributed by atoms with Gasteiger partial charge < -0.3 is 0 Å². The van der Waals surface area contributed by atoms with Gasteiger partial charge in [-0.1, -0.05) is 29.8 Å². The zero-order chi connectivity index (χ0) is 21.9. The van der Waals surface area contributed by atoms with Gasteiger partial charge in [0, 0.05) is 19.7 Å². The predicted octanol–water partition coefficient (Wildman–Crippen LogP) is 2.24. The van der Waals surface area contributed by atoms with Gasteiger partial charge in [0.15, 0.2) is 17.0 Å². The molecule has 0 fully saturated rings. The average molecular weight is 418 g/mol. The molecular weight excluding hydrogens is 399 g/mol. The van der Waals surface area contributed by atoms with Crippen LogP contribution < -0.4 is 11.2 Å². The van der Waals surface area contributed by atoms with Crippen LogP contribution in [-0.4, -0.2) is 28.3 Å². The SMILES string of the molecule is Cc1cccc(Cn2c3c(=O)n(C)c(=O)n(C)c3n3c(-c4ccc(F)cc4)nnc23)c1. The first-order valence-corrected chi connectivity index (χ1v) is 9.71. The second-order valence-corrected chi connectivity index (χ2v) is 7.62. The van der Waals surface area contributed by atoms with E-state index in [2.05, 4.69) is 10.2 Å². The summed E-state index contributed by atoms with van der Waals surface area (Å²) in [5.41, 5.74) is 2.57. The van der Waals surface area contributed by atoms with Crippen molar-refractivity contribution in [2.24, 2.45) is 14.1 Å². The fraction of sp³-hybridized carbons (Fsp3) is 0.182. The molecule has 156 valence electrons. The summed E-state index contributed by atoms with van der Waals surface area (Å²) in [5, 5.41) is 8.63. The van der Waals surface area contributed by atoms with Crippen molar-refractivity contribution in [3.05, 3.63) is 86.3 Å². The third kappa shape index (κ3) is 2.81. The van der Waals surface area contributed by atoms with E-state index in [1.807, 2.05) is 31.2 Å². The Kier molecular flexibility index (Phi) is 4.14. The summed E-state index contributed by atoms with van der Waals surface area (Å²) in [4.78, 5) is 25.8. The van der Waals surface area contributed by atoms with Crippen molar-refractivity contribution in [1.29, 1.82) is 0 Å². The maximum absolute atomic E-state index is 13.5. The molecule has 0 bridgehead atoms. The van der Waals surface area contributed by atoms with Crippen molar-refractivity contribution in [1.82, 2.24) is 28.3 Å². The molecule has 3 aromatic heterocycles. The molecule has 0 aliphatic rings. The first-order chi connectivity index (χ1) is 14.9. The van der Waals surface area contributed by atoms with Crippen molar-refractivity contribution in [3.63, 3.8) is 0 Å². The summed E-state index contributed by atoms with van der Waals surface area (Å²) in [5.74, 6) is 0.480. The molecule has 3 heterocycles. The van der Waals surface area contributed by atoms with Crippen molar-refractivity contribution >= 4 is 16.9 Å². The van der Waals surface area contributed by atoms with Crippen molar-refractivity contribution in [2.45, 2.75) is 13.5 Å². The highest BCUT2D eigenvalue weighted by atomic mass is 19.1. The second-order valence-electron chi connectivity index (χ2n) is 7.62. The maximum Gasteiger partial charge on any atom is 0.332 e. The highest BCUT2D eigenvalue weighted by Gasteiger charge is 2.24. The van der Waals surface area contributed by atoms with Gasteiger partial charge in [-0.15, -0.1) is 10.2 Å². The minimum Gasteiger partial charge on any atom is -0.298 e. The molecule has 9 heteroatoms. The van der Waals surface area contributed by atoms with Gasteiger partial charge in [-0.2, -0.15) is 0 Å². The molecule has 31 heavy (non-hydrogen) atoms. The van der Waals surface area contributed by atoms with Crippen molar-refractivity contribution in [3.8, 4) is 11.4 Å². The molecule has 0 unspecified atom stereocenters. The van der Waals surface area contributed by atoms with Gasteiger partial charge in [0.1, 0.15) is 5.82 Å². The van der Waals surface area contributed by atoms with E-state index in [-0.39, 0.29) is 5.82 Å². The fourth-order valence-corrected chi connectivity index (χ4v) is 3.98. The summed E-state index contributed by atoms with van der Waals surface area (Å²) in [6.45, 7) is 2.38. The van der Waals surface area contributed by atoms with Gasteiger partial charge in [0.05, 0.1) is 6.54 Å². The van der Waals surface area contributed by atoms with E-state index >= 15 is 0 Å². The van der Waals surface area contributed by atoms with Gasteiger partial charge in [0.2, 0.25) is 5.78 Å². The lowest BCUT2D eigenvalue weighted by Gasteiger charge is -2.08. The van der Waals surface area contributed by atoms with E-state index in [9.17, 15) is 14.0 Å². The molecule has 0 aliphatic heterocycles. The lowest BCUT2D eigenvalue weighted by molar-refractivity contribution is 0.628. The number of rotatable bonds is 3. The third-order valence-electron chi connectivity index (χ3n) is 5.51. The summed E-state index contributed by atoms with van der Waals surface area (Å²) in [6, 6.07) is 13.8. The maximum atomic E-state index is 13.5. The number of benzene rings is 2. The fourth-order valence-electron chi connectivity index (χ4n) is 3.98. The molecule has 0 saturated carbocycles. The van der Waals surface area contributed by atoms with Gasteiger partial charge in [-0.25, -0.2) is 13.6 Å². The molecule has 0 spiro atoms. The largest absolute Gasteiger partial charge is 0.332 e. The normalized spacial score (nSPS) is 11.6. The van der Waals surface area contributed by atoms with Gasteiger partial charge in [0.25, 0.3) is 5.56 Å². The van der Waals surface area contributed by atoms with E-state index in [0.717, 1.165) is 15.7 Å². The monoisotopic (exact) mass is 418 g/mol. The molecule has 5 rings (SSSR count). The van der Waals surface area contributed by atoms with Crippen LogP contribution in [0.3, 0.4) is 0 Å². The molecule has 2 aromatic carbocycles. The minimum atomic E-state index is -0.453. The van der Waals surface area contributed by atoms with E-state index in [0.29, 0.717) is 34.9 Å². The van der Waals surface area contributed by atoms with Gasteiger partial charge in [-0.3, -0.25) is 18.5 Å². The predicted molar refractivity (Wildman–Crippen MR) is 115 cm³/mol. The van der Waals surface area contributed by atoms with Crippen LogP contribution in [0.25, 0.3) is 28.3 Å². The van der Waals surface area contributed by atoms with Gasteiger partial charge >= 0.3 is 5.69 Å². The Morgan fingerprint density at radius 2 is 1.71 bits per heavy atom. The lowest BCUT2D eigenvalue weighted by Crippen LogP contribution is -2.37. The molecule has 0 saturated heterocycles. The molecule has 5 aromatic rings. The van der Waals surface area contributed by atoms with E-state index < -0.39 is 11.2 Å². The Labute approximate surface area is 175 Å². The Morgan fingerprint density at radius 3 is 2.42 bits per heavy atom. The zero-order valence-corrected chi connectivity index (χ0v) is 17.2. The highest BCUT2D eigenvalue weighted by Crippen LogP contribution is 2.25. The number of aryl methyl sites for hydroxylation is 2. The minimum absolute atomic E-state index is 0.347. The summed E-state index contributed by atoms with van der Waals surface area (Å²) >= 11 is 0. The third-order valence-corrected chi connectivity index (χ3v) is 5.51. The van der Waals surface area contributed by atoms with Crippen molar-refractivity contribution in [2.75, 3.05) is 0 Å². The zero-order valence-electron chi connectivity index (χ0n) is 17.2. The van der Waals surface area contributed by atoms with E-state index in [1.54, 1.807) is 28.1 Å². The van der Waals surface area contributed by atoms with Crippen LogP contribution in [-0.2, 0) is 20.6 Å². The van der Waals surface area contributed by atoms with E-state index in [1.165, 1.54) is 23.7 Å². The van der Waals surface area contributed by atoms with Crippen LogP contribution in [0.4, 0.5) is 4.39 Å². The first kappa shape index (κ1) is 19.0. The summed E-state index contributed by atoms with van der Waals surface area (Å²) in [6.07, 6.45) is 0. The van der Waals surface area contributed by atoms with Crippen LogP contribution >= 0.6 is 0 Å². The standard InChI is InChI=1S/C22H19FN6O2/c1-13-5-4-6-14(11-13)12-28-17-19(26(2)22(31)27(3)20(17)30)29-18(24-25-21(28)29)15-7-9-16(23)10-8-15/h4-11H,12H2,1-3H3. The number of imidazole rings is 1.